The van der Waals surface area contributed by atoms with Gasteiger partial charge in [-0.1, -0.05) is 23.2 Å². The molecule has 1 saturated heterocycles. The highest BCUT2D eigenvalue weighted by atomic mass is 79.9. The van der Waals surface area contributed by atoms with Crippen LogP contribution >= 0.6 is 39.1 Å². The van der Waals surface area contributed by atoms with Crippen LogP contribution in [0.4, 0.5) is 5.95 Å². The second-order valence-electron chi connectivity index (χ2n) is 3.28. The quantitative estimate of drug-likeness (QED) is 0.797. The highest BCUT2D eigenvalue weighted by molar-refractivity contribution is 9.10. The van der Waals surface area contributed by atoms with Crippen molar-refractivity contribution in [2.24, 2.45) is 0 Å². The number of carbonyl (C=O) groups excluding carboxylic acids is 1. The van der Waals surface area contributed by atoms with Crippen LogP contribution in [0.3, 0.4) is 0 Å². The van der Waals surface area contributed by atoms with Gasteiger partial charge in [0.05, 0.1) is 23.5 Å². The topological polar surface area (TPSA) is 66.3 Å². The van der Waals surface area contributed by atoms with Crippen LogP contribution in [-0.4, -0.2) is 33.6 Å². The number of nitrogens with zero attached hydrogens (tertiary/aromatic N) is 3. The molecule has 1 aliphatic heterocycles. The van der Waals surface area contributed by atoms with Gasteiger partial charge >= 0.3 is 0 Å². The molecule has 86 valence electrons. The van der Waals surface area contributed by atoms with Gasteiger partial charge in [-0.05, 0) is 15.9 Å². The molecule has 1 aliphatic rings. The first-order valence-corrected chi connectivity index (χ1v) is 5.91. The summed E-state index contributed by atoms with van der Waals surface area (Å²) in [7, 11) is 0. The second-order valence-corrected chi connectivity index (χ2v) is 4.79. The monoisotopic (exact) mass is 325 g/mol. The lowest BCUT2D eigenvalue weighted by Crippen LogP contribution is -2.27. The zero-order valence-electron chi connectivity index (χ0n) is 7.82. The van der Waals surface area contributed by atoms with Gasteiger partial charge in [-0.25, -0.2) is 0 Å². The minimum absolute atomic E-state index is 0.0641. The Morgan fingerprint density at radius 3 is 2.38 bits per heavy atom. The Balaban J connectivity index is 2.38. The molecule has 0 aliphatic carbocycles. The highest BCUT2D eigenvalue weighted by Gasteiger charge is 2.31. The largest absolute Gasteiger partial charge is 0.391 e. The lowest BCUT2D eigenvalue weighted by atomic mass is 10.3. The Bertz CT molecular complexity index is 434. The third-order valence-electron chi connectivity index (χ3n) is 2.10. The van der Waals surface area contributed by atoms with Gasteiger partial charge in [0.2, 0.25) is 11.9 Å². The number of rotatable bonds is 1. The molecular weight excluding hydrogens is 321 g/mol. The van der Waals surface area contributed by atoms with E-state index in [1.54, 1.807) is 0 Å². The van der Waals surface area contributed by atoms with Crippen molar-refractivity contribution in [2.75, 3.05) is 11.4 Å². The summed E-state index contributed by atoms with van der Waals surface area (Å²) >= 11 is 14.7. The standard InChI is InChI=1S/C8H6BrCl2N3O2/c9-5-6(10)12-8(13-7(5)11)14-2-3(15)1-4(14)16/h3,15H,1-2H2. The molecule has 1 unspecified atom stereocenters. The van der Waals surface area contributed by atoms with Crippen LogP contribution in [0.2, 0.25) is 10.3 Å². The van der Waals surface area contributed by atoms with Crippen molar-refractivity contribution in [2.45, 2.75) is 12.5 Å². The number of β-amino-alcohol motifs (C(OH)–C–C–N with tert-alkyl or cyclic N) is 1. The van der Waals surface area contributed by atoms with Gasteiger partial charge in [0.25, 0.3) is 0 Å². The number of hydrogen-bond donors (Lipinski definition) is 1. The van der Waals surface area contributed by atoms with E-state index < -0.39 is 6.10 Å². The summed E-state index contributed by atoms with van der Waals surface area (Å²) in [6, 6.07) is 0. The number of amides is 1. The Kier molecular flexibility index (Phi) is 3.34. The van der Waals surface area contributed by atoms with Crippen LogP contribution in [0.1, 0.15) is 6.42 Å². The molecule has 1 aromatic heterocycles. The summed E-state index contributed by atoms with van der Waals surface area (Å²) < 4.78 is 0.381. The van der Waals surface area contributed by atoms with E-state index in [0.29, 0.717) is 4.47 Å². The summed E-state index contributed by atoms with van der Waals surface area (Å²) in [5.74, 6) is -0.137. The van der Waals surface area contributed by atoms with Crippen LogP contribution < -0.4 is 4.90 Å². The molecule has 16 heavy (non-hydrogen) atoms. The molecular formula is C8H6BrCl2N3O2. The maximum Gasteiger partial charge on any atom is 0.235 e. The minimum Gasteiger partial charge on any atom is -0.391 e. The molecule has 1 fully saturated rings. The first kappa shape index (κ1) is 12.0. The van der Waals surface area contributed by atoms with Crippen molar-refractivity contribution < 1.29 is 9.90 Å². The van der Waals surface area contributed by atoms with Gasteiger partial charge in [-0.2, -0.15) is 9.97 Å². The molecule has 0 saturated carbocycles. The third-order valence-corrected chi connectivity index (χ3v) is 3.86. The number of aliphatic hydroxyl groups excluding tert-OH is 1. The molecule has 0 radical (unpaired) electrons. The zero-order valence-corrected chi connectivity index (χ0v) is 10.9. The van der Waals surface area contributed by atoms with E-state index in [1.807, 2.05) is 0 Å². The summed E-state index contributed by atoms with van der Waals surface area (Å²) in [6.07, 6.45) is -0.633. The van der Waals surface area contributed by atoms with Gasteiger partial charge in [0, 0.05) is 0 Å². The number of aromatic nitrogens is 2. The molecule has 1 atom stereocenters. The Hall–Kier alpha value is -0.430. The molecule has 1 N–H and O–H groups in total. The van der Waals surface area contributed by atoms with Crippen LogP contribution in [0.25, 0.3) is 0 Å². The SMILES string of the molecule is O=C1CC(O)CN1c1nc(Cl)c(Br)c(Cl)n1. The summed E-state index contributed by atoms with van der Waals surface area (Å²) in [5.41, 5.74) is 0. The maximum atomic E-state index is 11.5. The number of anilines is 1. The lowest BCUT2D eigenvalue weighted by molar-refractivity contribution is -0.117. The molecule has 0 spiro atoms. The summed E-state index contributed by atoms with van der Waals surface area (Å²) in [5, 5.41) is 9.59. The van der Waals surface area contributed by atoms with E-state index in [1.165, 1.54) is 4.90 Å². The fourth-order valence-electron chi connectivity index (χ4n) is 1.39. The van der Waals surface area contributed by atoms with Crippen molar-refractivity contribution >= 4 is 51.0 Å². The average Bonchev–Trinajstić information content (AvgIpc) is 2.53. The predicted octanol–water partition coefficient (Wildman–Crippen LogP) is 1.64. The molecule has 5 nitrogen and oxygen atoms in total. The summed E-state index contributed by atoms with van der Waals surface area (Å²) in [4.78, 5) is 20.6. The summed E-state index contributed by atoms with van der Waals surface area (Å²) in [6.45, 7) is 0.160. The lowest BCUT2D eigenvalue weighted by Gasteiger charge is -2.14. The van der Waals surface area contributed by atoms with Crippen molar-refractivity contribution in [3.05, 3.63) is 14.8 Å². The Morgan fingerprint density at radius 1 is 1.38 bits per heavy atom. The van der Waals surface area contributed by atoms with Crippen LogP contribution in [-0.2, 0) is 4.79 Å². The highest BCUT2D eigenvalue weighted by Crippen LogP contribution is 2.30. The van der Waals surface area contributed by atoms with Crippen molar-refractivity contribution in [3.8, 4) is 0 Å². The van der Waals surface area contributed by atoms with Gasteiger partial charge in [-0.3, -0.25) is 9.69 Å². The molecule has 0 aromatic carbocycles. The molecule has 8 heteroatoms. The van der Waals surface area contributed by atoms with Crippen LogP contribution in [0.15, 0.2) is 4.47 Å². The first-order chi connectivity index (χ1) is 7.49. The third kappa shape index (κ3) is 2.15. The maximum absolute atomic E-state index is 11.5. The van der Waals surface area contributed by atoms with Crippen molar-refractivity contribution in [1.82, 2.24) is 9.97 Å². The number of hydrogen-bond acceptors (Lipinski definition) is 4. The average molecular weight is 327 g/mol. The normalized spacial score (nSPS) is 20.6. The number of halogens is 3. The number of carbonyl (C=O) groups is 1. The minimum atomic E-state index is -0.697. The van der Waals surface area contributed by atoms with E-state index in [4.69, 9.17) is 23.2 Å². The van der Waals surface area contributed by atoms with Crippen LogP contribution in [0, 0.1) is 0 Å². The van der Waals surface area contributed by atoms with E-state index in [0.717, 1.165) is 0 Å². The van der Waals surface area contributed by atoms with Crippen molar-refractivity contribution in [3.63, 3.8) is 0 Å². The fraction of sp³-hybridized carbons (Fsp3) is 0.375. The first-order valence-electron chi connectivity index (χ1n) is 4.36. The van der Waals surface area contributed by atoms with E-state index in [2.05, 4.69) is 25.9 Å². The van der Waals surface area contributed by atoms with Gasteiger partial charge < -0.3 is 5.11 Å². The van der Waals surface area contributed by atoms with Gasteiger partial charge in [0.15, 0.2) is 0 Å². The van der Waals surface area contributed by atoms with E-state index in [9.17, 15) is 9.90 Å². The molecule has 0 bridgehead atoms. The zero-order chi connectivity index (χ0) is 11.9. The molecule has 2 rings (SSSR count). The number of aliphatic hydroxyl groups is 1. The van der Waals surface area contributed by atoms with Gasteiger partial charge in [-0.15, -0.1) is 0 Å². The molecule has 1 aromatic rings. The van der Waals surface area contributed by atoms with E-state index >= 15 is 0 Å². The Labute approximate surface area is 110 Å². The fourth-order valence-corrected chi connectivity index (χ4v) is 1.94. The van der Waals surface area contributed by atoms with Crippen molar-refractivity contribution in [1.29, 1.82) is 0 Å². The van der Waals surface area contributed by atoms with Gasteiger partial charge in [0.1, 0.15) is 10.3 Å². The smallest absolute Gasteiger partial charge is 0.235 e. The molecule has 2 heterocycles. The van der Waals surface area contributed by atoms with Crippen LogP contribution in [0.5, 0.6) is 0 Å². The molecule has 1 amide bonds. The Morgan fingerprint density at radius 2 is 1.94 bits per heavy atom. The van der Waals surface area contributed by atoms with E-state index in [-0.39, 0.29) is 35.1 Å². The predicted molar refractivity (Wildman–Crippen MR) is 62.7 cm³/mol. The second kappa shape index (κ2) is 4.44.